The molecule has 9 nitrogen and oxygen atoms in total. The number of nitro benzene ring substituents is 1. The van der Waals surface area contributed by atoms with Crippen molar-refractivity contribution in [2.75, 3.05) is 18.0 Å². The number of benzene rings is 2. The van der Waals surface area contributed by atoms with Crippen molar-refractivity contribution in [2.45, 2.75) is 11.8 Å². The largest absolute Gasteiger partial charge is 0.495 e. The van der Waals surface area contributed by atoms with E-state index >= 15 is 0 Å². The molecule has 144 valence electrons. The van der Waals surface area contributed by atoms with Gasteiger partial charge in [0.15, 0.2) is 0 Å². The Labute approximate surface area is 159 Å². The molecule has 0 unspecified atom stereocenters. The number of rotatable bonds is 7. The van der Waals surface area contributed by atoms with Gasteiger partial charge in [0.2, 0.25) is 0 Å². The van der Waals surface area contributed by atoms with E-state index in [1.165, 1.54) is 38.3 Å². The number of carboxylic acids is 1. The summed E-state index contributed by atoms with van der Waals surface area (Å²) in [5.74, 6) is -1.35. The fourth-order valence-corrected chi connectivity index (χ4v) is 4.21. The summed E-state index contributed by atoms with van der Waals surface area (Å²) in [5, 5.41) is 20.4. The van der Waals surface area contributed by atoms with Gasteiger partial charge in [0.05, 0.1) is 22.6 Å². The van der Waals surface area contributed by atoms with Gasteiger partial charge in [-0.3, -0.25) is 19.2 Å². The van der Waals surface area contributed by atoms with Crippen LogP contribution in [0.3, 0.4) is 0 Å². The summed E-state index contributed by atoms with van der Waals surface area (Å²) < 4.78 is 32.1. The summed E-state index contributed by atoms with van der Waals surface area (Å²) in [6.45, 7) is 0.520. The van der Waals surface area contributed by atoms with Gasteiger partial charge < -0.3 is 9.84 Å². The van der Waals surface area contributed by atoms with Gasteiger partial charge in [-0.15, -0.1) is 0 Å². The smallest absolute Gasteiger partial charge is 0.324 e. The zero-order chi connectivity index (χ0) is 20.4. The van der Waals surface area contributed by atoms with Crippen LogP contribution >= 0.6 is 11.6 Å². The number of methoxy groups -OCH3 is 1. The number of aliphatic carboxylic acids is 1. The second-order valence-electron chi connectivity index (χ2n) is 5.43. The van der Waals surface area contributed by atoms with Crippen molar-refractivity contribution in [1.29, 1.82) is 0 Å². The first kappa shape index (κ1) is 20.5. The summed E-state index contributed by atoms with van der Waals surface area (Å²) in [5.41, 5.74) is -0.317. The summed E-state index contributed by atoms with van der Waals surface area (Å²) in [4.78, 5) is 21.2. The molecule has 1 N–H and O–H groups in total. The van der Waals surface area contributed by atoms with Crippen LogP contribution in [0.15, 0.2) is 41.3 Å². The van der Waals surface area contributed by atoms with Gasteiger partial charge in [0, 0.05) is 17.2 Å². The maximum Gasteiger partial charge on any atom is 0.324 e. The minimum absolute atomic E-state index is 0.0762. The molecule has 0 radical (unpaired) electrons. The molecule has 0 amide bonds. The fraction of sp³-hybridized carbons (Fsp3) is 0.188. The lowest BCUT2D eigenvalue weighted by molar-refractivity contribution is -0.385. The third kappa shape index (κ3) is 4.29. The van der Waals surface area contributed by atoms with Crippen LogP contribution in [0.4, 0.5) is 11.4 Å². The summed E-state index contributed by atoms with van der Waals surface area (Å²) >= 11 is 5.93. The van der Waals surface area contributed by atoms with E-state index in [9.17, 15) is 28.4 Å². The van der Waals surface area contributed by atoms with Crippen LogP contribution in [0.1, 0.15) is 5.56 Å². The van der Waals surface area contributed by atoms with Crippen molar-refractivity contribution in [2.24, 2.45) is 0 Å². The normalized spacial score (nSPS) is 11.1. The molecular formula is C16H15ClN2O7S. The minimum Gasteiger partial charge on any atom is -0.495 e. The van der Waals surface area contributed by atoms with Crippen LogP contribution in [-0.4, -0.2) is 38.1 Å². The molecule has 2 aromatic rings. The molecule has 0 spiro atoms. The second-order valence-corrected chi connectivity index (χ2v) is 7.70. The van der Waals surface area contributed by atoms with Crippen molar-refractivity contribution >= 4 is 39.0 Å². The third-order valence-electron chi connectivity index (χ3n) is 3.64. The third-order valence-corrected chi connectivity index (χ3v) is 5.78. The zero-order valence-electron chi connectivity index (χ0n) is 14.2. The average Bonchev–Trinajstić information content (AvgIpc) is 2.59. The summed E-state index contributed by atoms with van der Waals surface area (Å²) in [6, 6.07) is 7.41. The highest BCUT2D eigenvalue weighted by atomic mass is 35.5. The van der Waals surface area contributed by atoms with Gasteiger partial charge in [-0.05, 0) is 30.7 Å². The maximum absolute atomic E-state index is 13.2. The molecule has 0 bridgehead atoms. The second kappa shape index (κ2) is 7.80. The number of anilines is 1. The Morgan fingerprint density at radius 3 is 2.52 bits per heavy atom. The van der Waals surface area contributed by atoms with E-state index in [-0.39, 0.29) is 26.9 Å². The maximum atomic E-state index is 13.2. The molecule has 2 rings (SSSR count). The first-order valence-electron chi connectivity index (χ1n) is 7.41. The lowest BCUT2D eigenvalue weighted by atomic mass is 10.2. The molecule has 2 aromatic carbocycles. The number of ether oxygens (including phenoxy) is 1. The van der Waals surface area contributed by atoms with Crippen molar-refractivity contribution in [3.63, 3.8) is 0 Å². The molecule has 0 aliphatic rings. The monoisotopic (exact) mass is 414 g/mol. The number of nitrogens with zero attached hydrogens (tertiary/aromatic N) is 2. The Hall–Kier alpha value is -2.85. The van der Waals surface area contributed by atoms with E-state index in [0.29, 0.717) is 4.31 Å². The van der Waals surface area contributed by atoms with E-state index in [2.05, 4.69) is 0 Å². The minimum atomic E-state index is -4.48. The first-order chi connectivity index (χ1) is 12.6. The molecule has 0 saturated carbocycles. The number of aryl methyl sites for hydroxylation is 1. The van der Waals surface area contributed by atoms with Gasteiger partial charge in [0.25, 0.3) is 15.7 Å². The Morgan fingerprint density at radius 1 is 1.30 bits per heavy atom. The molecule has 0 aromatic heterocycles. The van der Waals surface area contributed by atoms with Crippen molar-refractivity contribution in [3.05, 3.63) is 57.1 Å². The van der Waals surface area contributed by atoms with Crippen LogP contribution in [0, 0.1) is 17.0 Å². The SMILES string of the molecule is COc1ccc(Cl)cc1N(CC(=O)O)S(=O)(=O)c1cc([N+](=O)[O-])ccc1C. The molecule has 11 heteroatoms. The number of carboxylic acid groups (broad SMARTS) is 1. The van der Waals surface area contributed by atoms with Crippen LogP contribution in [0.25, 0.3) is 0 Å². The summed E-state index contributed by atoms with van der Waals surface area (Å²) in [7, 11) is -3.19. The standard InChI is InChI=1S/C16H15ClN2O7S/c1-10-3-5-12(19(22)23)8-15(10)27(24,25)18(9-16(20)21)13-7-11(17)4-6-14(13)26-2/h3-8H,9H2,1-2H3,(H,20,21). The highest BCUT2D eigenvalue weighted by molar-refractivity contribution is 7.93. The van der Waals surface area contributed by atoms with Crippen LogP contribution in [0.2, 0.25) is 5.02 Å². The molecule has 0 heterocycles. The van der Waals surface area contributed by atoms with Crippen molar-refractivity contribution in [3.8, 4) is 5.75 Å². The molecule has 0 aliphatic carbocycles. The molecular weight excluding hydrogens is 400 g/mol. The Balaban J connectivity index is 2.74. The first-order valence-corrected chi connectivity index (χ1v) is 9.23. The van der Waals surface area contributed by atoms with E-state index in [1.807, 2.05) is 0 Å². The number of non-ortho nitro benzene ring substituents is 1. The lowest BCUT2D eigenvalue weighted by Crippen LogP contribution is -2.36. The topological polar surface area (TPSA) is 127 Å². The highest BCUT2D eigenvalue weighted by Crippen LogP contribution is 2.36. The van der Waals surface area contributed by atoms with E-state index in [1.54, 1.807) is 0 Å². The molecule has 0 aliphatic heterocycles. The van der Waals surface area contributed by atoms with Gasteiger partial charge in [-0.25, -0.2) is 8.42 Å². The lowest BCUT2D eigenvalue weighted by Gasteiger charge is -2.25. The number of sulfonamides is 1. The molecule has 0 fully saturated rings. The Kier molecular flexibility index (Phi) is 5.91. The Bertz CT molecular complexity index is 1010. The average molecular weight is 415 g/mol. The predicted octanol–water partition coefficient (Wildman–Crippen LogP) is 2.85. The number of halogens is 1. The zero-order valence-corrected chi connectivity index (χ0v) is 15.8. The number of nitro groups is 1. The molecule has 0 atom stereocenters. The van der Waals surface area contributed by atoms with Crippen molar-refractivity contribution in [1.82, 2.24) is 0 Å². The van der Waals surface area contributed by atoms with Crippen LogP contribution in [-0.2, 0) is 14.8 Å². The number of carbonyl (C=O) groups is 1. The summed E-state index contributed by atoms with van der Waals surface area (Å²) in [6.07, 6.45) is 0. The molecule has 27 heavy (non-hydrogen) atoms. The van der Waals surface area contributed by atoms with Gasteiger partial charge in [0.1, 0.15) is 12.3 Å². The van der Waals surface area contributed by atoms with Gasteiger partial charge in [-0.1, -0.05) is 17.7 Å². The number of hydrogen-bond donors (Lipinski definition) is 1. The number of hydrogen-bond acceptors (Lipinski definition) is 6. The predicted molar refractivity (Wildman–Crippen MR) is 98.0 cm³/mol. The molecule has 0 saturated heterocycles. The van der Waals surface area contributed by atoms with E-state index in [4.69, 9.17) is 16.3 Å². The van der Waals surface area contributed by atoms with E-state index in [0.717, 1.165) is 12.1 Å². The van der Waals surface area contributed by atoms with Crippen molar-refractivity contribution < 1.29 is 28.0 Å². The quantitative estimate of drug-likeness (QED) is 0.545. The van der Waals surface area contributed by atoms with Crippen LogP contribution in [0.5, 0.6) is 5.75 Å². The van der Waals surface area contributed by atoms with E-state index < -0.39 is 33.1 Å². The fourth-order valence-electron chi connectivity index (χ4n) is 2.38. The van der Waals surface area contributed by atoms with Gasteiger partial charge in [-0.2, -0.15) is 0 Å². The highest BCUT2D eigenvalue weighted by Gasteiger charge is 2.32. The van der Waals surface area contributed by atoms with Crippen LogP contribution < -0.4 is 9.04 Å². The Morgan fingerprint density at radius 2 is 1.96 bits per heavy atom. The van der Waals surface area contributed by atoms with Gasteiger partial charge >= 0.3 is 5.97 Å².